The zero-order valence-electron chi connectivity index (χ0n) is 12.5. The van der Waals surface area contributed by atoms with Gasteiger partial charge in [0.15, 0.2) is 6.10 Å². The summed E-state index contributed by atoms with van der Waals surface area (Å²) in [4.78, 5) is 14.7. The largest absolute Gasteiger partial charge is 0.481 e. The van der Waals surface area contributed by atoms with Gasteiger partial charge in [0.1, 0.15) is 5.75 Å². The molecule has 0 aromatic heterocycles. The van der Waals surface area contributed by atoms with Crippen LogP contribution in [0, 0.1) is 0 Å². The number of rotatable bonds is 5. The van der Waals surface area contributed by atoms with Gasteiger partial charge < -0.3 is 9.64 Å². The van der Waals surface area contributed by atoms with Crippen LogP contribution in [-0.4, -0.2) is 29.5 Å². The molecule has 0 spiro atoms. The molecule has 20 heavy (non-hydrogen) atoms. The predicted molar refractivity (Wildman–Crippen MR) is 80.8 cm³/mol. The van der Waals surface area contributed by atoms with Crippen molar-refractivity contribution in [3.05, 3.63) is 30.3 Å². The molecule has 1 saturated heterocycles. The Bertz CT molecular complexity index is 418. The van der Waals surface area contributed by atoms with Crippen LogP contribution in [0.3, 0.4) is 0 Å². The lowest BCUT2D eigenvalue weighted by atomic mass is 9.99. The van der Waals surface area contributed by atoms with Gasteiger partial charge in [-0.1, -0.05) is 32.0 Å². The molecule has 1 heterocycles. The fraction of sp³-hybridized carbons (Fsp3) is 0.588. The molecule has 3 heteroatoms. The van der Waals surface area contributed by atoms with Gasteiger partial charge in [-0.3, -0.25) is 4.79 Å². The molecule has 0 aliphatic carbocycles. The standard InChI is InChI=1S/C17H25NO2/c1-3-14-10-8-9-13-18(14)17(19)16(4-2)20-15-11-6-5-7-12-15/h5-7,11-12,14,16H,3-4,8-10,13H2,1-2H3/t14-,16+/m1/s1. The highest BCUT2D eigenvalue weighted by molar-refractivity contribution is 5.81. The first-order chi connectivity index (χ1) is 9.76. The molecule has 0 bridgehead atoms. The Morgan fingerprint density at radius 1 is 1.30 bits per heavy atom. The van der Waals surface area contributed by atoms with E-state index < -0.39 is 0 Å². The number of hydrogen-bond acceptors (Lipinski definition) is 2. The van der Waals surface area contributed by atoms with Crippen LogP contribution in [0.2, 0.25) is 0 Å². The van der Waals surface area contributed by atoms with Crippen molar-refractivity contribution in [1.29, 1.82) is 0 Å². The molecular weight excluding hydrogens is 250 g/mol. The maximum Gasteiger partial charge on any atom is 0.263 e. The van der Waals surface area contributed by atoms with Crippen LogP contribution < -0.4 is 4.74 Å². The number of likely N-dealkylation sites (tertiary alicyclic amines) is 1. The second kappa shape index (κ2) is 7.32. The quantitative estimate of drug-likeness (QED) is 0.821. The Hall–Kier alpha value is -1.51. The molecule has 1 aromatic rings. The van der Waals surface area contributed by atoms with Crippen molar-refractivity contribution < 1.29 is 9.53 Å². The van der Waals surface area contributed by atoms with Crippen LogP contribution in [0.5, 0.6) is 5.75 Å². The van der Waals surface area contributed by atoms with Crippen molar-refractivity contribution in [1.82, 2.24) is 4.90 Å². The van der Waals surface area contributed by atoms with Crippen molar-refractivity contribution in [3.8, 4) is 5.75 Å². The minimum atomic E-state index is -0.357. The fourth-order valence-electron chi connectivity index (χ4n) is 2.87. The van der Waals surface area contributed by atoms with Crippen LogP contribution in [-0.2, 0) is 4.79 Å². The number of para-hydroxylation sites is 1. The normalized spacial score (nSPS) is 20.5. The maximum atomic E-state index is 12.7. The van der Waals surface area contributed by atoms with E-state index in [9.17, 15) is 4.79 Å². The molecule has 2 atom stereocenters. The second-order valence-corrected chi connectivity index (χ2v) is 5.42. The van der Waals surface area contributed by atoms with Crippen LogP contribution in [0.25, 0.3) is 0 Å². The molecule has 110 valence electrons. The maximum absolute atomic E-state index is 12.7. The average Bonchev–Trinajstić information content (AvgIpc) is 2.53. The molecule has 2 rings (SSSR count). The van der Waals surface area contributed by atoms with Crippen molar-refractivity contribution >= 4 is 5.91 Å². The van der Waals surface area contributed by atoms with E-state index in [2.05, 4.69) is 6.92 Å². The van der Waals surface area contributed by atoms with Gasteiger partial charge in [-0.25, -0.2) is 0 Å². The summed E-state index contributed by atoms with van der Waals surface area (Å²) in [5.41, 5.74) is 0. The molecule has 1 aromatic carbocycles. The van der Waals surface area contributed by atoms with Gasteiger partial charge in [0.2, 0.25) is 0 Å². The van der Waals surface area contributed by atoms with E-state index in [0.717, 1.165) is 31.6 Å². The van der Waals surface area contributed by atoms with Crippen molar-refractivity contribution in [3.63, 3.8) is 0 Å². The van der Waals surface area contributed by atoms with Gasteiger partial charge in [-0.05, 0) is 44.2 Å². The number of carbonyl (C=O) groups excluding carboxylic acids is 1. The Labute approximate surface area is 121 Å². The average molecular weight is 275 g/mol. The van der Waals surface area contributed by atoms with Gasteiger partial charge in [-0.15, -0.1) is 0 Å². The summed E-state index contributed by atoms with van der Waals surface area (Å²) in [6.45, 7) is 5.05. The molecule has 1 aliphatic heterocycles. The molecular formula is C17H25NO2. The minimum Gasteiger partial charge on any atom is -0.481 e. The lowest BCUT2D eigenvalue weighted by Crippen LogP contribution is -2.49. The highest BCUT2D eigenvalue weighted by Crippen LogP contribution is 2.22. The summed E-state index contributed by atoms with van der Waals surface area (Å²) in [6.07, 6.45) is 4.87. The second-order valence-electron chi connectivity index (χ2n) is 5.42. The number of amides is 1. The molecule has 3 nitrogen and oxygen atoms in total. The van der Waals surface area contributed by atoms with E-state index >= 15 is 0 Å². The van der Waals surface area contributed by atoms with Crippen LogP contribution in [0.15, 0.2) is 30.3 Å². The number of carbonyl (C=O) groups is 1. The summed E-state index contributed by atoms with van der Waals surface area (Å²) in [5.74, 6) is 0.931. The summed E-state index contributed by atoms with van der Waals surface area (Å²) in [7, 11) is 0. The Morgan fingerprint density at radius 2 is 2.05 bits per heavy atom. The van der Waals surface area contributed by atoms with E-state index in [1.54, 1.807) is 0 Å². The van der Waals surface area contributed by atoms with E-state index in [-0.39, 0.29) is 12.0 Å². The van der Waals surface area contributed by atoms with E-state index in [4.69, 9.17) is 4.74 Å². The fourth-order valence-corrected chi connectivity index (χ4v) is 2.87. The zero-order chi connectivity index (χ0) is 14.4. The molecule has 1 aliphatic rings. The smallest absolute Gasteiger partial charge is 0.263 e. The SMILES string of the molecule is CC[C@@H]1CCCCN1C(=O)[C@H](CC)Oc1ccccc1. The third-order valence-corrected chi connectivity index (χ3v) is 4.05. The Morgan fingerprint density at radius 3 is 2.70 bits per heavy atom. The predicted octanol–water partition coefficient (Wildman–Crippen LogP) is 3.64. The lowest BCUT2D eigenvalue weighted by Gasteiger charge is -2.37. The molecule has 0 saturated carbocycles. The van der Waals surface area contributed by atoms with Gasteiger partial charge in [0.25, 0.3) is 5.91 Å². The van der Waals surface area contributed by atoms with Gasteiger partial charge >= 0.3 is 0 Å². The van der Waals surface area contributed by atoms with E-state index in [0.29, 0.717) is 12.5 Å². The molecule has 0 N–H and O–H groups in total. The summed E-state index contributed by atoms with van der Waals surface area (Å²) >= 11 is 0. The van der Waals surface area contributed by atoms with Gasteiger partial charge in [0.05, 0.1) is 0 Å². The number of ether oxygens (including phenoxy) is 1. The summed E-state index contributed by atoms with van der Waals surface area (Å²) < 4.78 is 5.88. The third-order valence-electron chi connectivity index (χ3n) is 4.05. The van der Waals surface area contributed by atoms with Gasteiger partial charge in [-0.2, -0.15) is 0 Å². The molecule has 1 fully saturated rings. The third kappa shape index (κ3) is 3.53. The van der Waals surface area contributed by atoms with E-state index in [1.807, 2.05) is 42.2 Å². The Balaban J connectivity index is 2.04. The van der Waals surface area contributed by atoms with Crippen molar-refractivity contribution in [2.24, 2.45) is 0 Å². The number of benzene rings is 1. The number of nitrogens with zero attached hydrogens (tertiary/aromatic N) is 1. The molecule has 0 unspecified atom stereocenters. The summed E-state index contributed by atoms with van der Waals surface area (Å²) in [5, 5.41) is 0. The lowest BCUT2D eigenvalue weighted by molar-refractivity contribution is -0.142. The first-order valence-electron chi connectivity index (χ1n) is 7.78. The summed E-state index contributed by atoms with van der Waals surface area (Å²) in [6, 6.07) is 10.0. The Kier molecular flexibility index (Phi) is 5.45. The zero-order valence-corrected chi connectivity index (χ0v) is 12.5. The van der Waals surface area contributed by atoms with Crippen LogP contribution in [0.4, 0.5) is 0 Å². The van der Waals surface area contributed by atoms with Crippen LogP contribution >= 0.6 is 0 Å². The molecule has 0 radical (unpaired) electrons. The monoisotopic (exact) mass is 275 g/mol. The van der Waals surface area contributed by atoms with Crippen molar-refractivity contribution in [2.75, 3.05) is 6.54 Å². The first kappa shape index (κ1) is 14.9. The highest BCUT2D eigenvalue weighted by atomic mass is 16.5. The van der Waals surface area contributed by atoms with E-state index in [1.165, 1.54) is 6.42 Å². The number of piperidine rings is 1. The van der Waals surface area contributed by atoms with Crippen LogP contribution in [0.1, 0.15) is 46.0 Å². The number of hydrogen-bond donors (Lipinski definition) is 0. The first-order valence-corrected chi connectivity index (χ1v) is 7.78. The minimum absolute atomic E-state index is 0.155. The highest BCUT2D eigenvalue weighted by Gasteiger charge is 2.30. The van der Waals surface area contributed by atoms with Crippen molar-refractivity contribution in [2.45, 2.75) is 58.1 Å². The molecule has 1 amide bonds. The van der Waals surface area contributed by atoms with Gasteiger partial charge in [0, 0.05) is 12.6 Å². The topological polar surface area (TPSA) is 29.5 Å².